The predicted molar refractivity (Wildman–Crippen MR) is 121 cm³/mol. The highest BCUT2D eigenvalue weighted by Gasteiger charge is 2.37. The van der Waals surface area contributed by atoms with E-state index in [1.54, 1.807) is 12.1 Å². The Balaban J connectivity index is 1.55. The molecule has 0 amide bonds. The third-order valence-corrected chi connectivity index (χ3v) is 5.89. The second kappa shape index (κ2) is 8.16. The lowest BCUT2D eigenvalue weighted by Crippen LogP contribution is -2.39. The lowest BCUT2D eigenvalue weighted by molar-refractivity contribution is -0.274. The van der Waals surface area contributed by atoms with Crippen molar-refractivity contribution in [1.82, 2.24) is 9.88 Å². The Kier molecular flexibility index (Phi) is 5.67. The topological polar surface area (TPSA) is 31.8 Å². The Morgan fingerprint density at radius 3 is 2.44 bits per heavy atom. The Morgan fingerprint density at radius 1 is 1.06 bits per heavy atom. The number of aromatic nitrogens is 1. The number of anilines is 2. The van der Waals surface area contributed by atoms with E-state index in [1.165, 1.54) is 17.7 Å². The van der Waals surface area contributed by atoms with Crippen LogP contribution >= 0.6 is 0 Å². The van der Waals surface area contributed by atoms with Crippen LogP contribution in [0.2, 0.25) is 0 Å². The predicted octanol–water partition coefficient (Wildman–Crippen LogP) is 5.26. The van der Waals surface area contributed by atoms with Crippen molar-refractivity contribution in [2.24, 2.45) is 0 Å². The molecular weight excluding hydrogens is 417 g/mol. The maximum atomic E-state index is 12.4. The molecule has 8 heteroatoms. The first kappa shape index (κ1) is 22.2. The van der Waals surface area contributed by atoms with E-state index in [0.717, 1.165) is 35.4 Å². The van der Waals surface area contributed by atoms with Crippen LogP contribution in [0.4, 0.5) is 24.5 Å². The van der Waals surface area contributed by atoms with Gasteiger partial charge < -0.3 is 14.5 Å². The summed E-state index contributed by atoms with van der Waals surface area (Å²) in [5.41, 5.74) is 4.00. The highest BCUT2D eigenvalue weighted by molar-refractivity contribution is 5.92. The van der Waals surface area contributed by atoms with Crippen molar-refractivity contribution in [2.75, 3.05) is 37.1 Å². The molecule has 1 fully saturated rings. The van der Waals surface area contributed by atoms with Gasteiger partial charge in [-0.2, -0.15) is 0 Å². The molecule has 32 heavy (non-hydrogen) atoms. The van der Waals surface area contributed by atoms with Gasteiger partial charge in [0.05, 0.1) is 17.9 Å². The van der Waals surface area contributed by atoms with E-state index in [9.17, 15) is 13.2 Å². The van der Waals surface area contributed by atoms with Crippen LogP contribution in [0.3, 0.4) is 0 Å². The van der Waals surface area contributed by atoms with E-state index in [2.05, 4.69) is 62.5 Å². The SMILES string of the molecule is CN(C)c1cccc2c(CN3CN(c4ccc(OC(F)(F)F)cc4)CC3(C)C)ccnc12. The molecule has 2 aromatic carbocycles. The third kappa shape index (κ3) is 4.60. The first-order valence-corrected chi connectivity index (χ1v) is 10.4. The lowest BCUT2D eigenvalue weighted by atomic mass is 10.0. The summed E-state index contributed by atoms with van der Waals surface area (Å²) in [6, 6.07) is 14.3. The second-order valence-corrected chi connectivity index (χ2v) is 8.93. The molecule has 0 N–H and O–H groups in total. The fourth-order valence-electron chi connectivity index (χ4n) is 4.23. The molecule has 5 nitrogen and oxygen atoms in total. The first-order chi connectivity index (χ1) is 15.0. The molecule has 0 unspecified atom stereocenters. The zero-order chi connectivity index (χ0) is 23.1. The summed E-state index contributed by atoms with van der Waals surface area (Å²) in [6.07, 6.45) is -2.83. The van der Waals surface area contributed by atoms with Gasteiger partial charge in [-0.05, 0) is 55.8 Å². The Bertz CT molecular complexity index is 1100. The molecule has 170 valence electrons. The van der Waals surface area contributed by atoms with Gasteiger partial charge in [0.2, 0.25) is 0 Å². The van der Waals surface area contributed by atoms with E-state index >= 15 is 0 Å². The molecule has 0 bridgehead atoms. The van der Waals surface area contributed by atoms with Crippen molar-refractivity contribution < 1.29 is 17.9 Å². The second-order valence-electron chi connectivity index (χ2n) is 8.93. The number of nitrogens with zero attached hydrogens (tertiary/aromatic N) is 4. The molecule has 1 saturated heterocycles. The van der Waals surface area contributed by atoms with E-state index in [-0.39, 0.29) is 11.3 Å². The van der Waals surface area contributed by atoms with Gasteiger partial charge in [0.1, 0.15) is 5.75 Å². The number of benzene rings is 2. The summed E-state index contributed by atoms with van der Waals surface area (Å²) in [5.74, 6) is -0.212. The van der Waals surface area contributed by atoms with E-state index in [1.807, 2.05) is 20.3 Å². The van der Waals surface area contributed by atoms with Gasteiger partial charge in [-0.3, -0.25) is 9.88 Å². The Labute approximate surface area is 186 Å². The minimum atomic E-state index is -4.69. The molecule has 1 aromatic heterocycles. The minimum absolute atomic E-state index is 0.115. The smallest absolute Gasteiger partial charge is 0.406 e. The zero-order valence-corrected chi connectivity index (χ0v) is 18.6. The van der Waals surface area contributed by atoms with Crippen molar-refractivity contribution in [3.05, 3.63) is 60.3 Å². The van der Waals surface area contributed by atoms with E-state index < -0.39 is 6.36 Å². The molecule has 0 atom stereocenters. The van der Waals surface area contributed by atoms with Gasteiger partial charge in [0.25, 0.3) is 0 Å². The van der Waals surface area contributed by atoms with E-state index in [4.69, 9.17) is 0 Å². The largest absolute Gasteiger partial charge is 0.573 e. The van der Waals surface area contributed by atoms with Crippen LogP contribution in [0.25, 0.3) is 10.9 Å². The molecule has 3 aromatic rings. The van der Waals surface area contributed by atoms with Gasteiger partial charge in [0.15, 0.2) is 0 Å². The van der Waals surface area contributed by atoms with Crippen LogP contribution in [0.5, 0.6) is 5.75 Å². The van der Waals surface area contributed by atoms with Crippen molar-refractivity contribution in [1.29, 1.82) is 0 Å². The number of para-hydroxylation sites is 1. The molecule has 1 aliphatic heterocycles. The highest BCUT2D eigenvalue weighted by Crippen LogP contribution is 2.34. The molecule has 0 saturated carbocycles. The quantitative estimate of drug-likeness (QED) is 0.536. The summed E-state index contributed by atoms with van der Waals surface area (Å²) in [4.78, 5) is 11.2. The summed E-state index contributed by atoms with van der Waals surface area (Å²) < 4.78 is 41.3. The number of fused-ring (bicyclic) bond motifs is 1. The highest BCUT2D eigenvalue weighted by atomic mass is 19.4. The summed E-state index contributed by atoms with van der Waals surface area (Å²) in [6.45, 7) is 6.54. The number of alkyl halides is 3. The third-order valence-electron chi connectivity index (χ3n) is 5.89. The van der Waals surface area contributed by atoms with Crippen molar-refractivity contribution in [2.45, 2.75) is 32.3 Å². The monoisotopic (exact) mass is 444 g/mol. The molecule has 4 rings (SSSR count). The van der Waals surface area contributed by atoms with E-state index in [0.29, 0.717) is 6.67 Å². The first-order valence-electron chi connectivity index (χ1n) is 10.4. The average Bonchev–Trinajstić information content (AvgIpc) is 3.01. The number of ether oxygens (including phenoxy) is 1. The van der Waals surface area contributed by atoms with Gasteiger partial charge in [-0.25, -0.2) is 0 Å². The van der Waals surface area contributed by atoms with Gasteiger partial charge in [0, 0.05) is 50.0 Å². The Hall–Kier alpha value is -3.00. The van der Waals surface area contributed by atoms with Gasteiger partial charge >= 0.3 is 6.36 Å². The summed E-state index contributed by atoms with van der Waals surface area (Å²) in [7, 11) is 4.02. The molecule has 0 spiro atoms. The molecule has 0 aliphatic carbocycles. The number of hydrogen-bond donors (Lipinski definition) is 0. The van der Waals surface area contributed by atoms with Crippen molar-refractivity contribution >= 4 is 22.3 Å². The zero-order valence-electron chi connectivity index (χ0n) is 18.6. The van der Waals surface area contributed by atoms with Gasteiger partial charge in [-0.15, -0.1) is 13.2 Å². The van der Waals surface area contributed by atoms with Crippen LogP contribution in [-0.4, -0.2) is 49.1 Å². The molecule has 1 aliphatic rings. The fraction of sp³-hybridized carbons (Fsp3) is 0.375. The standard InChI is InChI=1S/C24H27F3N4O/c1-23(2)15-30(18-8-10-19(11-9-18)32-24(25,26)27)16-31(23)14-17-12-13-28-22-20(17)6-5-7-21(22)29(3)4/h5-13H,14-16H2,1-4H3. The normalized spacial score (nSPS) is 16.5. The van der Waals surface area contributed by atoms with Crippen molar-refractivity contribution in [3.63, 3.8) is 0 Å². The van der Waals surface area contributed by atoms with Crippen LogP contribution in [0.1, 0.15) is 19.4 Å². The maximum Gasteiger partial charge on any atom is 0.573 e. The molecular formula is C24H27F3N4O. The summed E-state index contributed by atoms with van der Waals surface area (Å²) in [5, 5.41) is 1.13. The van der Waals surface area contributed by atoms with Crippen LogP contribution in [0.15, 0.2) is 54.7 Å². The lowest BCUT2D eigenvalue weighted by Gasteiger charge is -2.30. The van der Waals surface area contributed by atoms with Crippen LogP contribution in [-0.2, 0) is 6.54 Å². The maximum absolute atomic E-state index is 12.4. The van der Waals surface area contributed by atoms with Crippen LogP contribution < -0.4 is 14.5 Å². The molecule has 2 heterocycles. The Morgan fingerprint density at radius 2 is 1.78 bits per heavy atom. The summed E-state index contributed by atoms with van der Waals surface area (Å²) >= 11 is 0. The minimum Gasteiger partial charge on any atom is -0.406 e. The number of rotatable bonds is 5. The average molecular weight is 445 g/mol. The van der Waals surface area contributed by atoms with Crippen LogP contribution in [0, 0.1) is 0 Å². The number of pyridine rings is 1. The van der Waals surface area contributed by atoms with Crippen molar-refractivity contribution in [3.8, 4) is 5.75 Å². The molecule has 0 radical (unpaired) electrons. The van der Waals surface area contributed by atoms with Gasteiger partial charge in [-0.1, -0.05) is 12.1 Å². The number of halogens is 3. The number of hydrogen-bond acceptors (Lipinski definition) is 5. The fourth-order valence-corrected chi connectivity index (χ4v) is 4.23.